The van der Waals surface area contributed by atoms with Gasteiger partial charge >= 0.3 is 0 Å². The number of nitrogens with zero attached hydrogens (tertiary/aromatic N) is 1. The summed E-state index contributed by atoms with van der Waals surface area (Å²) in [6, 6.07) is 0. The zero-order valence-corrected chi connectivity index (χ0v) is 6.88. The first-order valence-electron chi connectivity index (χ1n) is 4.21. The van der Waals surface area contributed by atoms with E-state index in [0.29, 0.717) is 13.0 Å². The molecule has 1 heterocycles. The molecule has 1 aromatic heterocycles. The van der Waals surface area contributed by atoms with Crippen LogP contribution < -0.4 is 5.73 Å². The number of nitrogens with two attached hydrogens (primary N) is 1. The highest BCUT2D eigenvalue weighted by molar-refractivity contribution is 5.29. The number of hydrogen-bond acceptors (Lipinski definition) is 3. The van der Waals surface area contributed by atoms with Crippen molar-refractivity contribution >= 4 is 0 Å². The van der Waals surface area contributed by atoms with Crippen LogP contribution in [0.15, 0.2) is 6.20 Å². The number of hydrogen-bond donors (Lipinski definition) is 3. The van der Waals surface area contributed by atoms with E-state index < -0.39 is 5.60 Å². The van der Waals surface area contributed by atoms with Gasteiger partial charge in [-0.05, 0) is 25.8 Å². The molecular weight excluding hydrogens is 154 g/mol. The molecule has 0 saturated carbocycles. The molecule has 0 bridgehead atoms. The number of rotatable bonds is 2. The summed E-state index contributed by atoms with van der Waals surface area (Å²) in [5.41, 5.74) is 6.72. The third kappa shape index (κ3) is 0.956. The van der Waals surface area contributed by atoms with Crippen LogP contribution >= 0.6 is 0 Å². The standard InChI is InChI=1S/C8H13N3O/c9-4-3-8(12)2-1-7-6(8)5-10-11-7/h5,12H,1-4,9H2,(H,10,11). The van der Waals surface area contributed by atoms with Crippen LogP contribution in [0.25, 0.3) is 0 Å². The van der Waals surface area contributed by atoms with Crippen molar-refractivity contribution in [2.45, 2.75) is 24.9 Å². The Balaban J connectivity index is 2.31. The summed E-state index contributed by atoms with van der Waals surface area (Å²) in [5, 5.41) is 16.9. The summed E-state index contributed by atoms with van der Waals surface area (Å²) in [4.78, 5) is 0. The third-order valence-corrected chi connectivity index (χ3v) is 2.57. The summed E-state index contributed by atoms with van der Waals surface area (Å²) in [7, 11) is 0. The molecule has 2 rings (SSSR count). The van der Waals surface area contributed by atoms with E-state index in [9.17, 15) is 5.11 Å². The number of aromatic nitrogens is 2. The molecule has 4 heteroatoms. The second kappa shape index (κ2) is 2.57. The second-order valence-corrected chi connectivity index (χ2v) is 3.33. The highest BCUT2D eigenvalue weighted by atomic mass is 16.3. The van der Waals surface area contributed by atoms with Gasteiger partial charge in [0.2, 0.25) is 0 Å². The largest absolute Gasteiger partial charge is 0.385 e. The fraction of sp³-hybridized carbons (Fsp3) is 0.625. The number of aliphatic hydroxyl groups is 1. The van der Waals surface area contributed by atoms with Crippen LogP contribution in [0.5, 0.6) is 0 Å². The van der Waals surface area contributed by atoms with Crippen molar-refractivity contribution in [3.63, 3.8) is 0 Å². The lowest BCUT2D eigenvalue weighted by Gasteiger charge is -2.21. The number of fused-ring (bicyclic) bond motifs is 1. The van der Waals surface area contributed by atoms with Gasteiger partial charge in [-0.2, -0.15) is 5.10 Å². The Morgan fingerprint density at radius 3 is 3.33 bits per heavy atom. The van der Waals surface area contributed by atoms with Crippen LogP contribution in [0.3, 0.4) is 0 Å². The Hall–Kier alpha value is -0.870. The van der Waals surface area contributed by atoms with Gasteiger partial charge in [-0.15, -0.1) is 0 Å². The minimum Gasteiger partial charge on any atom is -0.385 e. The molecule has 0 fully saturated rings. The zero-order chi connectivity index (χ0) is 8.60. The molecule has 1 unspecified atom stereocenters. The Kier molecular flexibility index (Phi) is 1.66. The predicted octanol–water partition coefficient (Wildman–Crippen LogP) is -0.108. The van der Waals surface area contributed by atoms with Crippen molar-refractivity contribution in [3.05, 3.63) is 17.5 Å². The molecule has 0 radical (unpaired) electrons. The van der Waals surface area contributed by atoms with Crippen LogP contribution in [0, 0.1) is 0 Å². The first-order valence-corrected chi connectivity index (χ1v) is 4.21. The van der Waals surface area contributed by atoms with E-state index in [0.717, 1.165) is 24.1 Å². The molecule has 0 aliphatic heterocycles. The normalized spacial score (nSPS) is 27.5. The highest BCUT2D eigenvalue weighted by Crippen LogP contribution is 2.37. The van der Waals surface area contributed by atoms with Crippen LogP contribution in [0.2, 0.25) is 0 Å². The van der Waals surface area contributed by atoms with Gasteiger partial charge in [0.05, 0.1) is 11.8 Å². The molecule has 66 valence electrons. The maximum Gasteiger partial charge on any atom is 0.0945 e. The van der Waals surface area contributed by atoms with Crippen LogP contribution in [0.4, 0.5) is 0 Å². The van der Waals surface area contributed by atoms with Gasteiger partial charge < -0.3 is 10.8 Å². The van der Waals surface area contributed by atoms with Crippen molar-refractivity contribution < 1.29 is 5.11 Å². The Morgan fingerprint density at radius 2 is 2.58 bits per heavy atom. The van der Waals surface area contributed by atoms with E-state index in [2.05, 4.69) is 10.2 Å². The monoisotopic (exact) mass is 167 g/mol. The van der Waals surface area contributed by atoms with E-state index >= 15 is 0 Å². The summed E-state index contributed by atoms with van der Waals surface area (Å²) < 4.78 is 0. The molecule has 4 N–H and O–H groups in total. The van der Waals surface area contributed by atoms with Crippen molar-refractivity contribution in [2.75, 3.05) is 6.54 Å². The van der Waals surface area contributed by atoms with Crippen LogP contribution in [-0.2, 0) is 12.0 Å². The van der Waals surface area contributed by atoms with Crippen LogP contribution in [-0.4, -0.2) is 21.8 Å². The molecular formula is C8H13N3O. The number of nitrogens with one attached hydrogen (secondary N) is 1. The molecule has 4 nitrogen and oxygen atoms in total. The third-order valence-electron chi connectivity index (χ3n) is 2.57. The Morgan fingerprint density at radius 1 is 1.75 bits per heavy atom. The fourth-order valence-electron chi connectivity index (χ4n) is 1.87. The molecule has 1 aromatic rings. The number of aromatic amines is 1. The molecule has 1 atom stereocenters. The molecule has 1 aliphatic carbocycles. The van der Waals surface area contributed by atoms with Gasteiger partial charge in [-0.3, -0.25) is 5.10 Å². The van der Waals surface area contributed by atoms with Gasteiger partial charge in [0.25, 0.3) is 0 Å². The van der Waals surface area contributed by atoms with Gasteiger partial charge in [0, 0.05) is 11.3 Å². The highest BCUT2D eigenvalue weighted by Gasteiger charge is 2.37. The Bertz CT molecular complexity index is 284. The molecule has 0 amide bonds. The lowest BCUT2D eigenvalue weighted by atomic mass is 9.94. The van der Waals surface area contributed by atoms with Crippen molar-refractivity contribution in [3.8, 4) is 0 Å². The van der Waals surface area contributed by atoms with Gasteiger partial charge in [0.1, 0.15) is 0 Å². The topological polar surface area (TPSA) is 74.9 Å². The lowest BCUT2D eigenvalue weighted by molar-refractivity contribution is 0.0319. The smallest absolute Gasteiger partial charge is 0.0945 e. The van der Waals surface area contributed by atoms with Crippen molar-refractivity contribution in [1.82, 2.24) is 10.2 Å². The van der Waals surface area contributed by atoms with E-state index in [-0.39, 0.29) is 0 Å². The maximum atomic E-state index is 10.1. The first-order chi connectivity index (χ1) is 5.76. The zero-order valence-electron chi connectivity index (χ0n) is 6.88. The summed E-state index contributed by atoms with van der Waals surface area (Å²) in [6.45, 7) is 0.515. The Labute approximate surface area is 70.8 Å². The summed E-state index contributed by atoms with van der Waals surface area (Å²) in [6.07, 6.45) is 3.98. The SMILES string of the molecule is NCCC1(O)CCc2[nH]ncc21. The number of aryl methyl sites for hydroxylation is 1. The van der Waals surface area contributed by atoms with E-state index in [1.165, 1.54) is 0 Å². The molecule has 1 aliphatic rings. The van der Waals surface area contributed by atoms with E-state index in [1.807, 2.05) is 0 Å². The lowest BCUT2D eigenvalue weighted by Crippen LogP contribution is -2.25. The van der Waals surface area contributed by atoms with Crippen molar-refractivity contribution in [2.24, 2.45) is 5.73 Å². The van der Waals surface area contributed by atoms with Crippen molar-refractivity contribution in [1.29, 1.82) is 0 Å². The quantitative estimate of drug-likeness (QED) is 0.575. The fourth-order valence-corrected chi connectivity index (χ4v) is 1.87. The van der Waals surface area contributed by atoms with E-state index in [4.69, 9.17) is 5.73 Å². The second-order valence-electron chi connectivity index (χ2n) is 3.33. The van der Waals surface area contributed by atoms with E-state index in [1.54, 1.807) is 6.20 Å². The minimum absolute atomic E-state index is 0.515. The number of H-pyrrole nitrogens is 1. The average molecular weight is 167 g/mol. The predicted molar refractivity (Wildman–Crippen MR) is 44.5 cm³/mol. The summed E-state index contributed by atoms with van der Waals surface area (Å²) in [5.74, 6) is 0. The van der Waals surface area contributed by atoms with Crippen LogP contribution in [0.1, 0.15) is 24.1 Å². The molecule has 0 saturated heterocycles. The minimum atomic E-state index is -0.711. The maximum absolute atomic E-state index is 10.1. The summed E-state index contributed by atoms with van der Waals surface area (Å²) >= 11 is 0. The molecule has 12 heavy (non-hydrogen) atoms. The molecule has 0 spiro atoms. The van der Waals surface area contributed by atoms with Gasteiger partial charge in [-0.1, -0.05) is 0 Å². The first kappa shape index (κ1) is 7.76. The van der Waals surface area contributed by atoms with Gasteiger partial charge in [-0.25, -0.2) is 0 Å². The van der Waals surface area contributed by atoms with Gasteiger partial charge in [0.15, 0.2) is 0 Å². The molecule has 0 aromatic carbocycles. The average Bonchev–Trinajstić information content (AvgIpc) is 2.57.